The third kappa shape index (κ3) is 3.20. The van der Waals surface area contributed by atoms with Crippen LogP contribution in [0.3, 0.4) is 0 Å². The largest absolute Gasteiger partial charge is 0.494 e. The number of rotatable bonds is 4. The summed E-state index contributed by atoms with van der Waals surface area (Å²) in [6.07, 6.45) is 0.468. The van der Waals surface area contributed by atoms with Gasteiger partial charge < -0.3 is 14.4 Å². The molecule has 0 bridgehead atoms. The number of hydrogen-bond donors (Lipinski definition) is 1. The van der Waals surface area contributed by atoms with E-state index in [9.17, 15) is 9.90 Å². The molecular weight excluding hydrogens is 279 g/mol. The maximum absolute atomic E-state index is 11.3. The van der Waals surface area contributed by atoms with Crippen molar-refractivity contribution in [3.05, 3.63) is 29.8 Å². The molecule has 1 aliphatic rings. The highest BCUT2D eigenvalue weighted by Crippen LogP contribution is 2.36. The van der Waals surface area contributed by atoms with Crippen LogP contribution < -0.4 is 5.46 Å². The molecule has 2 rings (SSSR count). The highest BCUT2D eigenvalue weighted by atomic mass is 16.7. The first-order chi connectivity index (χ1) is 9.95. The lowest BCUT2D eigenvalue weighted by molar-refractivity contribution is -0.146. The average Bonchev–Trinajstić information content (AvgIpc) is 2.58. The number of carboxylic acid groups (broad SMARTS) is 1. The fourth-order valence-corrected chi connectivity index (χ4v) is 2.41. The van der Waals surface area contributed by atoms with Gasteiger partial charge in [-0.15, -0.1) is 0 Å². The topological polar surface area (TPSA) is 55.8 Å². The summed E-state index contributed by atoms with van der Waals surface area (Å²) >= 11 is 0. The molecule has 0 spiro atoms. The predicted molar refractivity (Wildman–Crippen MR) is 87.3 cm³/mol. The molecule has 0 aliphatic carbocycles. The summed E-state index contributed by atoms with van der Waals surface area (Å²) in [7, 11) is -0.419. The molecule has 1 fully saturated rings. The second-order valence-electron chi connectivity index (χ2n) is 7.70. The smallest absolute Gasteiger partial charge is 0.481 e. The molecule has 1 N–H and O–H groups in total. The van der Waals surface area contributed by atoms with E-state index in [1.165, 1.54) is 0 Å². The Labute approximate surface area is 133 Å². The van der Waals surface area contributed by atoms with E-state index in [0.29, 0.717) is 6.42 Å². The Bertz CT molecular complexity index is 562. The lowest BCUT2D eigenvalue weighted by atomic mass is 9.76. The second-order valence-corrected chi connectivity index (χ2v) is 7.70. The molecule has 0 amide bonds. The molecule has 120 valence electrons. The van der Waals surface area contributed by atoms with E-state index in [2.05, 4.69) is 0 Å². The first-order valence-electron chi connectivity index (χ1n) is 7.62. The second kappa shape index (κ2) is 5.39. The SMILES string of the molecule is CC(C)(Cc1cccc(B2OC(C)(C)C(C)(C)O2)c1)C(=O)O. The zero-order valence-electron chi connectivity index (χ0n) is 14.3. The van der Waals surface area contributed by atoms with Gasteiger partial charge in [-0.2, -0.15) is 0 Å². The maximum atomic E-state index is 11.3. The van der Waals surface area contributed by atoms with Crippen molar-refractivity contribution < 1.29 is 19.2 Å². The Morgan fingerprint density at radius 2 is 1.73 bits per heavy atom. The summed E-state index contributed by atoms with van der Waals surface area (Å²) in [5.74, 6) is -0.798. The average molecular weight is 304 g/mol. The number of benzene rings is 1. The molecule has 0 saturated carbocycles. The summed E-state index contributed by atoms with van der Waals surface area (Å²) in [4.78, 5) is 11.3. The molecule has 5 heteroatoms. The van der Waals surface area contributed by atoms with E-state index in [0.717, 1.165) is 11.0 Å². The molecule has 1 aromatic carbocycles. The molecule has 1 heterocycles. The van der Waals surface area contributed by atoms with Crippen molar-refractivity contribution >= 4 is 18.6 Å². The minimum atomic E-state index is -0.798. The monoisotopic (exact) mass is 304 g/mol. The number of carboxylic acids is 1. The molecule has 0 unspecified atom stereocenters. The molecular formula is C17H25BO4. The van der Waals surface area contributed by atoms with Crippen molar-refractivity contribution in [2.75, 3.05) is 0 Å². The van der Waals surface area contributed by atoms with E-state index >= 15 is 0 Å². The normalized spacial score (nSPS) is 20.2. The van der Waals surface area contributed by atoms with Crippen molar-refractivity contribution in [2.45, 2.75) is 59.2 Å². The van der Waals surface area contributed by atoms with Crippen molar-refractivity contribution in [2.24, 2.45) is 5.41 Å². The summed E-state index contributed by atoms with van der Waals surface area (Å²) in [5, 5.41) is 9.27. The first kappa shape index (κ1) is 17.0. The number of aliphatic carboxylic acids is 1. The summed E-state index contributed by atoms with van der Waals surface area (Å²) < 4.78 is 12.1. The van der Waals surface area contributed by atoms with E-state index in [1.807, 2.05) is 52.0 Å². The molecule has 1 aliphatic heterocycles. The van der Waals surface area contributed by atoms with Gasteiger partial charge in [-0.3, -0.25) is 4.79 Å². The molecule has 1 aromatic rings. The molecule has 0 aromatic heterocycles. The summed E-state index contributed by atoms with van der Waals surface area (Å²) in [6, 6.07) is 7.80. The fourth-order valence-electron chi connectivity index (χ4n) is 2.41. The van der Waals surface area contributed by atoms with Gasteiger partial charge in [0.05, 0.1) is 16.6 Å². The van der Waals surface area contributed by atoms with Crippen LogP contribution in [0.1, 0.15) is 47.1 Å². The minimum absolute atomic E-state index is 0.381. The van der Waals surface area contributed by atoms with E-state index in [1.54, 1.807) is 13.8 Å². The van der Waals surface area contributed by atoms with Crippen LogP contribution in [-0.4, -0.2) is 29.4 Å². The zero-order chi connectivity index (χ0) is 16.8. The minimum Gasteiger partial charge on any atom is -0.481 e. The lowest BCUT2D eigenvalue weighted by Gasteiger charge is -2.32. The van der Waals surface area contributed by atoms with E-state index in [4.69, 9.17) is 9.31 Å². The van der Waals surface area contributed by atoms with Crippen molar-refractivity contribution in [3.8, 4) is 0 Å². The Morgan fingerprint density at radius 1 is 1.18 bits per heavy atom. The van der Waals surface area contributed by atoms with Gasteiger partial charge in [0, 0.05) is 0 Å². The van der Waals surface area contributed by atoms with Crippen LogP contribution >= 0.6 is 0 Å². The Hall–Kier alpha value is -1.33. The van der Waals surface area contributed by atoms with Crippen LogP contribution in [0.5, 0.6) is 0 Å². The lowest BCUT2D eigenvalue weighted by Crippen LogP contribution is -2.41. The van der Waals surface area contributed by atoms with Crippen LogP contribution in [0.25, 0.3) is 0 Å². The van der Waals surface area contributed by atoms with Gasteiger partial charge in [-0.05, 0) is 59.0 Å². The van der Waals surface area contributed by atoms with Crippen LogP contribution in [0.2, 0.25) is 0 Å². The molecule has 0 atom stereocenters. The standard InChI is InChI=1S/C17H25BO4/c1-15(2,14(19)20)11-12-8-7-9-13(10-12)18-21-16(3,4)17(5,6)22-18/h7-10H,11H2,1-6H3,(H,19,20). The zero-order valence-corrected chi connectivity index (χ0v) is 14.3. The molecule has 4 nitrogen and oxygen atoms in total. The van der Waals surface area contributed by atoms with E-state index < -0.39 is 18.5 Å². The molecule has 22 heavy (non-hydrogen) atoms. The quantitative estimate of drug-likeness (QED) is 0.869. The maximum Gasteiger partial charge on any atom is 0.494 e. The van der Waals surface area contributed by atoms with Gasteiger partial charge in [0.2, 0.25) is 0 Å². The van der Waals surface area contributed by atoms with Crippen LogP contribution in [0.15, 0.2) is 24.3 Å². The van der Waals surface area contributed by atoms with Crippen molar-refractivity contribution in [3.63, 3.8) is 0 Å². The number of hydrogen-bond acceptors (Lipinski definition) is 3. The Balaban J connectivity index is 2.22. The predicted octanol–water partition coefficient (Wildman–Crippen LogP) is 2.64. The third-order valence-corrected chi connectivity index (χ3v) is 4.70. The fraction of sp³-hybridized carbons (Fsp3) is 0.588. The number of carbonyl (C=O) groups is 1. The van der Waals surface area contributed by atoms with Crippen LogP contribution in [0.4, 0.5) is 0 Å². The van der Waals surface area contributed by atoms with Crippen molar-refractivity contribution in [1.82, 2.24) is 0 Å². The summed E-state index contributed by atoms with van der Waals surface area (Å²) in [5.41, 5.74) is 0.341. The Kier molecular flexibility index (Phi) is 4.17. The van der Waals surface area contributed by atoms with Gasteiger partial charge in [-0.25, -0.2) is 0 Å². The third-order valence-electron chi connectivity index (χ3n) is 4.70. The summed E-state index contributed by atoms with van der Waals surface area (Å²) in [6.45, 7) is 11.5. The molecule has 1 saturated heterocycles. The van der Waals surface area contributed by atoms with Crippen LogP contribution in [-0.2, 0) is 20.5 Å². The molecule has 0 radical (unpaired) electrons. The van der Waals surface area contributed by atoms with Crippen molar-refractivity contribution in [1.29, 1.82) is 0 Å². The highest BCUT2D eigenvalue weighted by molar-refractivity contribution is 6.62. The van der Waals surface area contributed by atoms with E-state index in [-0.39, 0.29) is 11.2 Å². The highest BCUT2D eigenvalue weighted by Gasteiger charge is 2.51. The van der Waals surface area contributed by atoms with Gasteiger partial charge in [0.15, 0.2) is 0 Å². The van der Waals surface area contributed by atoms with Gasteiger partial charge in [0.25, 0.3) is 0 Å². The van der Waals surface area contributed by atoms with Gasteiger partial charge >= 0.3 is 13.1 Å². The first-order valence-corrected chi connectivity index (χ1v) is 7.62. The van der Waals surface area contributed by atoms with Gasteiger partial charge in [-0.1, -0.05) is 24.3 Å². The van der Waals surface area contributed by atoms with Crippen LogP contribution in [0, 0.1) is 5.41 Å². The Morgan fingerprint density at radius 3 is 2.23 bits per heavy atom. The van der Waals surface area contributed by atoms with Gasteiger partial charge in [0.1, 0.15) is 0 Å².